The monoisotopic (exact) mass is 410 g/mol. The maximum absolute atomic E-state index is 12.3. The number of rotatable bonds is 5. The topological polar surface area (TPSA) is 99.2 Å². The Kier molecular flexibility index (Phi) is 5.36. The van der Waals surface area contributed by atoms with Crippen molar-refractivity contribution >= 4 is 28.6 Å². The zero-order valence-corrected chi connectivity index (χ0v) is 14.9. The number of alkyl halides is 3. The number of ether oxygens (including phenoxy) is 1. The number of amides is 1. The minimum absolute atomic E-state index is 0.0715. The Balaban J connectivity index is 1.77. The van der Waals surface area contributed by atoms with Crippen molar-refractivity contribution < 1.29 is 22.7 Å². The Hall–Kier alpha value is -3.34. The van der Waals surface area contributed by atoms with Gasteiger partial charge in [0.25, 0.3) is 5.56 Å². The van der Waals surface area contributed by atoms with Crippen LogP contribution in [0.1, 0.15) is 0 Å². The first-order valence-electron chi connectivity index (χ1n) is 7.78. The second-order valence-corrected chi connectivity index (χ2v) is 6.50. The van der Waals surface area contributed by atoms with Gasteiger partial charge >= 0.3 is 6.36 Å². The van der Waals surface area contributed by atoms with Gasteiger partial charge in [0.2, 0.25) is 5.91 Å². The molecule has 2 heterocycles. The number of nitrogen functional groups attached to an aromatic ring is 1. The van der Waals surface area contributed by atoms with Gasteiger partial charge in [-0.25, -0.2) is 4.68 Å². The lowest BCUT2D eigenvalue weighted by atomic mass is 10.3. The molecule has 0 aliphatic carbocycles. The van der Waals surface area contributed by atoms with Crippen LogP contribution in [0.5, 0.6) is 5.75 Å². The summed E-state index contributed by atoms with van der Waals surface area (Å²) in [5.41, 5.74) is 5.49. The van der Waals surface area contributed by atoms with E-state index in [-0.39, 0.29) is 11.4 Å². The number of aromatic nitrogens is 2. The van der Waals surface area contributed by atoms with E-state index in [4.69, 9.17) is 5.73 Å². The number of hydrogen-bond donors (Lipinski definition) is 2. The van der Waals surface area contributed by atoms with E-state index in [0.717, 1.165) is 21.7 Å². The lowest BCUT2D eigenvalue weighted by molar-refractivity contribution is -0.274. The molecule has 0 spiro atoms. The van der Waals surface area contributed by atoms with Gasteiger partial charge in [0.15, 0.2) is 0 Å². The molecule has 0 fully saturated rings. The van der Waals surface area contributed by atoms with Crippen molar-refractivity contribution in [3.05, 3.63) is 58.2 Å². The van der Waals surface area contributed by atoms with Crippen LogP contribution in [0.25, 0.3) is 10.6 Å². The van der Waals surface area contributed by atoms with E-state index < -0.39 is 30.1 Å². The molecule has 0 radical (unpaired) electrons. The highest BCUT2D eigenvalue weighted by molar-refractivity contribution is 7.13. The Morgan fingerprint density at radius 1 is 1.25 bits per heavy atom. The van der Waals surface area contributed by atoms with Crippen LogP contribution in [0.4, 0.5) is 24.5 Å². The SMILES string of the molecule is Nc1cc(-c2cccs2)nn(CC(=O)Nc2cccc(OC(F)(F)F)c2)c1=O. The molecule has 0 unspecified atom stereocenters. The summed E-state index contributed by atoms with van der Waals surface area (Å²) in [7, 11) is 0. The number of benzene rings is 1. The molecule has 3 N–H and O–H groups in total. The first-order valence-corrected chi connectivity index (χ1v) is 8.66. The Bertz CT molecular complexity index is 1050. The number of nitrogens with two attached hydrogens (primary N) is 1. The molecule has 11 heteroatoms. The van der Waals surface area contributed by atoms with Crippen molar-refractivity contribution in [2.24, 2.45) is 0 Å². The van der Waals surface area contributed by atoms with E-state index in [0.29, 0.717) is 5.69 Å². The predicted molar refractivity (Wildman–Crippen MR) is 98.0 cm³/mol. The molecular formula is C17H13F3N4O3S. The standard InChI is InChI=1S/C17H13F3N4O3S/c18-17(19,20)27-11-4-1-3-10(7-11)22-15(25)9-24-16(26)12(21)8-13(23-24)14-5-2-6-28-14/h1-8H,9,21H2,(H,22,25). The average Bonchev–Trinajstić information content (AvgIpc) is 3.12. The minimum Gasteiger partial charge on any atom is -0.406 e. The van der Waals surface area contributed by atoms with Crippen LogP contribution >= 0.6 is 11.3 Å². The summed E-state index contributed by atoms with van der Waals surface area (Å²) in [5.74, 6) is -1.15. The van der Waals surface area contributed by atoms with E-state index in [2.05, 4.69) is 15.2 Å². The fourth-order valence-corrected chi connectivity index (χ4v) is 3.00. The second-order valence-electron chi connectivity index (χ2n) is 5.55. The van der Waals surface area contributed by atoms with Crippen molar-refractivity contribution in [1.82, 2.24) is 9.78 Å². The van der Waals surface area contributed by atoms with E-state index in [1.54, 1.807) is 12.1 Å². The summed E-state index contributed by atoms with van der Waals surface area (Å²) in [5, 5.41) is 8.34. The molecule has 0 atom stereocenters. The van der Waals surface area contributed by atoms with Crippen LogP contribution in [0.2, 0.25) is 0 Å². The Labute approximate surface area is 160 Å². The van der Waals surface area contributed by atoms with Gasteiger partial charge in [0, 0.05) is 11.8 Å². The van der Waals surface area contributed by atoms with Crippen molar-refractivity contribution in [1.29, 1.82) is 0 Å². The quantitative estimate of drug-likeness (QED) is 0.674. The molecule has 28 heavy (non-hydrogen) atoms. The summed E-state index contributed by atoms with van der Waals surface area (Å²) in [6.45, 7) is -0.466. The molecule has 0 bridgehead atoms. The zero-order chi connectivity index (χ0) is 20.3. The van der Waals surface area contributed by atoms with Gasteiger partial charge in [-0.3, -0.25) is 9.59 Å². The van der Waals surface area contributed by atoms with Gasteiger partial charge in [-0.15, -0.1) is 24.5 Å². The van der Waals surface area contributed by atoms with Crippen molar-refractivity contribution in [3.8, 4) is 16.3 Å². The van der Waals surface area contributed by atoms with Crippen LogP contribution in [0.15, 0.2) is 52.6 Å². The predicted octanol–water partition coefficient (Wildman–Crippen LogP) is 3.09. The highest BCUT2D eigenvalue weighted by Gasteiger charge is 2.31. The Morgan fingerprint density at radius 3 is 2.71 bits per heavy atom. The molecule has 146 valence electrons. The lowest BCUT2D eigenvalue weighted by Gasteiger charge is -2.11. The fourth-order valence-electron chi connectivity index (χ4n) is 2.32. The lowest BCUT2D eigenvalue weighted by Crippen LogP contribution is -2.31. The Morgan fingerprint density at radius 2 is 2.04 bits per heavy atom. The first-order chi connectivity index (χ1) is 13.2. The molecule has 0 saturated carbocycles. The molecule has 0 saturated heterocycles. The van der Waals surface area contributed by atoms with Gasteiger partial charge in [-0.2, -0.15) is 5.10 Å². The maximum Gasteiger partial charge on any atom is 0.573 e. The molecule has 1 aromatic carbocycles. The van der Waals surface area contributed by atoms with E-state index in [1.807, 2.05) is 5.38 Å². The number of nitrogens with one attached hydrogen (secondary N) is 1. The van der Waals surface area contributed by atoms with Crippen LogP contribution in [-0.2, 0) is 11.3 Å². The molecule has 1 amide bonds. The minimum atomic E-state index is -4.85. The number of thiophene rings is 1. The number of nitrogens with zero attached hydrogens (tertiary/aromatic N) is 2. The first kappa shape index (κ1) is 19.4. The normalized spacial score (nSPS) is 11.2. The van der Waals surface area contributed by atoms with Gasteiger partial charge in [-0.05, 0) is 29.6 Å². The van der Waals surface area contributed by atoms with Crippen molar-refractivity contribution in [3.63, 3.8) is 0 Å². The second kappa shape index (κ2) is 7.72. The number of hydrogen-bond acceptors (Lipinski definition) is 6. The van der Waals surface area contributed by atoms with Crippen molar-refractivity contribution in [2.45, 2.75) is 12.9 Å². The summed E-state index contributed by atoms with van der Waals surface area (Å²) in [6, 6.07) is 9.78. The third kappa shape index (κ3) is 4.88. The highest BCUT2D eigenvalue weighted by atomic mass is 32.1. The smallest absolute Gasteiger partial charge is 0.406 e. The summed E-state index contributed by atoms with van der Waals surface area (Å²) >= 11 is 1.39. The largest absolute Gasteiger partial charge is 0.573 e. The molecule has 0 aliphatic rings. The van der Waals surface area contributed by atoms with Crippen LogP contribution in [-0.4, -0.2) is 22.1 Å². The number of anilines is 2. The molecule has 0 aliphatic heterocycles. The summed E-state index contributed by atoms with van der Waals surface area (Å²) in [6.07, 6.45) is -4.85. The number of halogens is 3. The molecule has 3 aromatic rings. The third-order valence-electron chi connectivity index (χ3n) is 3.42. The highest BCUT2D eigenvalue weighted by Crippen LogP contribution is 2.25. The molecule has 7 nitrogen and oxygen atoms in total. The zero-order valence-electron chi connectivity index (χ0n) is 14.1. The van der Waals surface area contributed by atoms with E-state index >= 15 is 0 Å². The number of carbonyl (C=O) groups is 1. The van der Waals surface area contributed by atoms with Crippen LogP contribution < -0.4 is 21.3 Å². The number of carbonyl (C=O) groups excluding carboxylic acids is 1. The summed E-state index contributed by atoms with van der Waals surface area (Å²) < 4.78 is 41.6. The van der Waals surface area contributed by atoms with Gasteiger partial charge < -0.3 is 15.8 Å². The molecular weight excluding hydrogens is 397 g/mol. The van der Waals surface area contributed by atoms with Crippen molar-refractivity contribution in [2.75, 3.05) is 11.1 Å². The maximum atomic E-state index is 12.3. The summed E-state index contributed by atoms with van der Waals surface area (Å²) in [4.78, 5) is 25.1. The average molecular weight is 410 g/mol. The van der Waals surface area contributed by atoms with Gasteiger partial charge in [-0.1, -0.05) is 12.1 Å². The molecule has 2 aromatic heterocycles. The van der Waals surface area contributed by atoms with E-state index in [1.165, 1.54) is 29.5 Å². The third-order valence-corrected chi connectivity index (χ3v) is 4.31. The fraction of sp³-hybridized carbons (Fsp3) is 0.118. The molecule has 3 rings (SSSR count). The van der Waals surface area contributed by atoms with E-state index in [9.17, 15) is 22.8 Å². The van der Waals surface area contributed by atoms with Crippen LogP contribution in [0, 0.1) is 0 Å². The van der Waals surface area contributed by atoms with Gasteiger partial charge in [0.1, 0.15) is 23.7 Å². The van der Waals surface area contributed by atoms with Crippen LogP contribution in [0.3, 0.4) is 0 Å². The van der Waals surface area contributed by atoms with Gasteiger partial charge in [0.05, 0.1) is 4.88 Å².